The van der Waals surface area contributed by atoms with Gasteiger partial charge >= 0.3 is 0 Å². The van der Waals surface area contributed by atoms with E-state index < -0.39 is 0 Å². The van der Waals surface area contributed by atoms with Gasteiger partial charge in [0.1, 0.15) is 5.82 Å². The lowest BCUT2D eigenvalue weighted by atomic mass is 10.1. The SMILES string of the molecule is CCNC(Cc1c(Br)c(C)nn1C)c1ncccn1. The van der Waals surface area contributed by atoms with Crippen LogP contribution in [-0.4, -0.2) is 26.3 Å². The highest BCUT2D eigenvalue weighted by Gasteiger charge is 2.19. The summed E-state index contributed by atoms with van der Waals surface area (Å²) in [5.74, 6) is 0.815. The molecular formula is C13H18BrN5. The summed E-state index contributed by atoms with van der Waals surface area (Å²) in [5, 5.41) is 7.84. The van der Waals surface area contributed by atoms with Crippen LogP contribution in [-0.2, 0) is 13.5 Å². The molecule has 0 spiro atoms. The first kappa shape index (κ1) is 14.1. The predicted octanol–water partition coefficient (Wildman–Crippen LogP) is 2.17. The molecule has 2 aromatic heterocycles. The van der Waals surface area contributed by atoms with E-state index >= 15 is 0 Å². The summed E-state index contributed by atoms with van der Waals surface area (Å²) in [4.78, 5) is 8.68. The van der Waals surface area contributed by atoms with Gasteiger partial charge in [0.25, 0.3) is 0 Å². The van der Waals surface area contributed by atoms with Crippen LogP contribution in [0.3, 0.4) is 0 Å². The largest absolute Gasteiger partial charge is 0.307 e. The molecule has 0 aliphatic carbocycles. The summed E-state index contributed by atoms with van der Waals surface area (Å²) in [6.45, 7) is 4.95. The highest BCUT2D eigenvalue weighted by atomic mass is 79.9. The Morgan fingerprint density at radius 2 is 2.05 bits per heavy atom. The Balaban J connectivity index is 2.26. The fraction of sp³-hybridized carbons (Fsp3) is 0.462. The lowest BCUT2D eigenvalue weighted by Crippen LogP contribution is -2.25. The quantitative estimate of drug-likeness (QED) is 0.916. The Morgan fingerprint density at radius 1 is 1.37 bits per heavy atom. The van der Waals surface area contributed by atoms with E-state index in [4.69, 9.17) is 0 Å². The topological polar surface area (TPSA) is 55.6 Å². The number of rotatable bonds is 5. The number of aromatic nitrogens is 4. The van der Waals surface area contributed by atoms with E-state index in [0.29, 0.717) is 0 Å². The lowest BCUT2D eigenvalue weighted by Gasteiger charge is -2.16. The molecule has 2 rings (SSSR count). The van der Waals surface area contributed by atoms with Crippen LogP contribution in [0.4, 0.5) is 0 Å². The maximum absolute atomic E-state index is 4.42. The standard InChI is InChI=1S/C13H18BrN5/c1-4-15-10(13-16-6-5-7-17-13)8-11-12(14)9(2)18-19(11)3/h5-7,10,15H,4,8H2,1-3H3. The van der Waals surface area contributed by atoms with E-state index in [0.717, 1.165) is 34.7 Å². The van der Waals surface area contributed by atoms with Gasteiger partial charge in [-0.25, -0.2) is 9.97 Å². The van der Waals surface area contributed by atoms with Gasteiger partial charge in [-0.2, -0.15) is 5.10 Å². The van der Waals surface area contributed by atoms with Crippen LogP contribution < -0.4 is 5.32 Å². The Bertz CT molecular complexity index is 537. The van der Waals surface area contributed by atoms with Gasteiger partial charge in [0.05, 0.1) is 21.9 Å². The van der Waals surface area contributed by atoms with Crippen LogP contribution in [0.25, 0.3) is 0 Å². The molecule has 1 N–H and O–H groups in total. The van der Waals surface area contributed by atoms with Crippen molar-refractivity contribution in [3.63, 3.8) is 0 Å². The number of hydrogen-bond donors (Lipinski definition) is 1. The third kappa shape index (κ3) is 3.19. The van der Waals surface area contributed by atoms with Crippen molar-refractivity contribution in [3.05, 3.63) is 40.1 Å². The summed E-state index contributed by atoms with van der Waals surface area (Å²) in [5.41, 5.74) is 2.15. The molecule has 5 nitrogen and oxygen atoms in total. The lowest BCUT2D eigenvalue weighted by molar-refractivity contribution is 0.503. The van der Waals surface area contributed by atoms with Gasteiger partial charge < -0.3 is 5.32 Å². The van der Waals surface area contributed by atoms with Crippen LogP contribution in [0, 0.1) is 6.92 Å². The third-order valence-electron chi connectivity index (χ3n) is 3.01. The van der Waals surface area contributed by atoms with Crippen LogP contribution in [0.5, 0.6) is 0 Å². The molecule has 2 aromatic rings. The van der Waals surface area contributed by atoms with E-state index in [-0.39, 0.29) is 6.04 Å². The second-order valence-corrected chi connectivity index (χ2v) is 5.18. The number of nitrogens with zero attached hydrogens (tertiary/aromatic N) is 4. The van der Waals surface area contributed by atoms with Gasteiger partial charge in [0, 0.05) is 25.9 Å². The van der Waals surface area contributed by atoms with Crippen LogP contribution >= 0.6 is 15.9 Å². The second kappa shape index (κ2) is 6.25. The highest BCUT2D eigenvalue weighted by molar-refractivity contribution is 9.10. The molecule has 0 aliphatic rings. The predicted molar refractivity (Wildman–Crippen MR) is 77.8 cm³/mol. The monoisotopic (exact) mass is 323 g/mol. The van der Waals surface area contributed by atoms with Crippen molar-refractivity contribution in [3.8, 4) is 0 Å². The fourth-order valence-corrected chi connectivity index (χ4v) is 2.58. The van der Waals surface area contributed by atoms with Crippen molar-refractivity contribution >= 4 is 15.9 Å². The van der Waals surface area contributed by atoms with Gasteiger partial charge in [-0.15, -0.1) is 0 Å². The third-order valence-corrected chi connectivity index (χ3v) is 4.04. The average Bonchev–Trinajstić information content (AvgIpc) is 2.65. The van der Waals surface area contributed by atoms with Crippen molar-refractivity contribution in [1.29, 1.82) is 0 Å². The molecule has 0 bridgehead atoms. The van der Waals surface area contributed by atoms with E-state index in [1.165, 1.54) is 0 Å². The molecule has 0 saturated carbocycles. The molecule has 0 aliphatic heterocycles. The Hall–Kier alpha value is -1.27. The normalized spacial score (nSPS) is 12.6. The average molecular weight is 324 g/mol. The van der Waals surface area contributed by atoms with Gasteiger partial charge in [-0.1, -0.05) is 6.92 Å². The highest BCUT2D eigenvalue weighted by Crippen LogP contribution is 2.24. The molecule has 0 saturated heterocycles. The van der Waals surface area contributed by atoms with Gasteiger partial charge in [0.2, 0.25) is 0 Å². The Kier molecular flexibility index (Phi) is 4.66. The maximum Gasteiger partial charge on any atom is 0.145 e. The molecule has 2 heterocycles. The van der Waals surface area contributed by atoms with Crippen molar-refractivity contribution in [1.82, 2.24) is 25.1 Å². The Labute approximate surface area is 121 Å². The molecule has 6 heteroatoms. The van der Waals surface area contributed by atoms with Gasteiger partial charge in [-0.3, -0.25) is 4.68 Å². The molecule has 1 atom stereocenters. The molecular weight excluding hydrogens is 306 g/mol. The first-order valence-corrected chi connectivity index (χ1v) is 7.11. The summed E-state index contributed by atoms with van der Waals surface area (Å²) in [7, 11) is 1.96. The molecule has 102 valence electrons. The van der Waals surface area contributed by atoms with E-state index in [2.05, 4.69) is 43.2 Å². The van der Waals surface area contributed by atoms with E-state index in [9.17, 15) is 0 Å². The molecule has 1 unspecified atom stereocenters. The minimum absolute atomic E-state index is 0.0947. The van der Waals surface area contributed by atoms with Crippen LogP contribution in [0.2, 0.25) is 0 Å². The minimum atomic E-state index is 0.0947. The maximum atomic E-state index is 4.42. The summed E-state index contributed by atoms with van der Waals surface area (Å²) in [6.07, 6.45) is 4.35. The van der Waals surface area contributed by atoms with Gasteiger partial charge in [-0.05, 0) is 35.5 Å². The number of aryl methyl sites for hydroxylation is 2. The van der Waals surface area contributed by atoms with Crippen molar-refractivity contribution in [2.45, 2.75) is 26.3 Å². The molecule has 0 fully saturated rings. The molecule has 0 radical (unpaired) electrons. The first-order valence-electron chi connectivity index (χ1n) is 6.31. The second-order valence-electron chi connectivity index (χ2n) is 4.39. The number of hydrogen-bond acceptors (Lipinski definition) is 4. The summed E-state index contributed by atoms with van der Waals surface area (Å²) in [6, 6.07) is 1.92. The molecule has 0 aromatic carbocycles. The van der Waals surface area contributed by atoms with E-state index in [1.54, 1.807) is 12.4 Å². The zero-order chi connectivity index (χ0) is 13.8. The zero-order valence-corrected chi connectivity index (χ0v) is 13.0. The smallest absolute Gasteiger partial charge is 0.145 e. The minimum Gasteiger partial charge on any atom is -0.307 e. The number of nitrogens with one attached hydrogen (secondary N) is 1. The molecule has 0 amide bonds. The fourth-order valence-electron chi connectivity index (χ4n) is 2.09. The van der Waals surface area contributed by atoms with Crippen LogP contribution in [0.15, 0.2) is 22.9 Å². The number of halogens is 1. The zero-order valence-electron chi connectivity index (χ0n) is 11.4. The van der Waals surface area contributed by atoms with Crippen molar-refractivity contribution in [2.75, 3.05) is 6.54 Å². The first-order chi connectivity index (χ1) is 9.13. The van der Waals surface area contributed by atoms with Crippen molar-refractivity contribution < 1.29 is 0 Å². The summed E-state index contributed by atoms with van der Waals surface area (Å²) < 4.78 is 2.97. The van der Waals surface area contributed by atoms with E-state index in [1.807, 2.05) is 24.7 Å². The van der Waals surface area contributed by atoms with Crippen molar-refractivity contribution in [2.24, 2.45) is 7.05 Å². The molecule has 19 heavy (non-hydrogen) atoms. The van der Waals surface area contributed by atoms with Crippen LogP contribution in [0.1, 0.15) is 30.2 Å². The van der Waals surface area contributed by atoms with Gasteiger partial charge in [0.15, 0.2) is 0 Å². The Morgan fingerprint density at radius 3 is 2.58 bits per heavy atom. The summed E-state index contributed by atoms with van der Waals surface area (Å²) >= 11 is 3.60. The number of likely N-dealkylation sites (N-methyl/N-ethyl adjacent to an activating group) is 1.